The zero-order valence-corrected chi connectivity index (χ0v) is 21.8. The second kappa shape index (κ2) is 17.2. The van der Waals surface area contributed by atoms with E-state index in [9.17, 15) is 18.0 Å². The molecule has 0 fully saturated rings. The highest BCUT2D eigenvalue weighted by atomic mass is 19.4. The summed E-state index contributed by atoms with van der Waals surface area (Å²) in [6.45, 7) is 8.63. The number of hydrogen-bond donors (Lipinski definition) is 0. The first-order valence-corrected chi connectivity index (χ1v) is 12.9. The highest BCUT2D eigenvalue weighted by Crippen LogP contribution is 2.25. The third-order valence-corrected chi connectivity index (χ3v) is 5.67. The molecule has 2 atom stereocenters. The monoisotopic (exact) mass is 496 g/mol. The van der Waals surface area contributed by atoms with E-state index < -0.39 is 12.6 Å². The van der Waals surface area contributed by atoms with Gasteiger partial charge in [0.15, 0.2) is 0 Å². The molecule has 0 amide bonds. The maximum atomic E-state index is 12.6. The van der Waals surface area contributed by atoms with Crippen LogP contribution in [0.1, 0.15) is 84.6 Å². The number of rotatable bonds is 17. The van der Waals surface area contributed by atoms with E-state index in [1.807, 2.05) is 13.8 Å². The van der Waals surface area contributed by atoms with Crippen LogP contribution in [0, 0.1) is 11.8 Å². The lowest BCUT2D eigenvalue weighted by Gasteiger charge is -2.20. The summed E-state index contributed by atoms with van der Waals surface area (Å²) in [6, 6.07) is 6.22. The van der Waals surface area contributed by atoms with Crippen LogP contribution in [0.3, 0.4) is 0 Å². The van der Waals surface area contributed by atoms with E-state index in [2.05, 4.69) is 38.2 Å². The number of unbranched alkanes of at least 4 members (excludes halogenated alkanes) is 1. The largest absolute Gasteiger partial charge is 0.493 e. The lowest BCUT2D eigenvalue weighted by molar-refractivity contribution is -0.147. The molecule has 0 N–H and O–H groups in total. The van der Waals surface area contributed by atoms with E-state index in [0.29, 0.717) is 30.6 Å². The van der Waals surface area contributed by atoms with Crippen molar-refractivity contribution >= 4 is 5.97 Å². The van der Waals surface area contributed by atoms with Crippen molar-refractivity contribution < 1.29 is 27.4 Å². The van der Waals surface area contributed by atoms with Crippen molar-refractivity contribution in [1.29, 1.82) is 0 Å². The Balaban J connectivity index is 2.33. The molecule has 1 aromatic rings. The van der Waals surface area contributed by atoms with Crippen LogP contribution in [0.2, 0.25) is 0 Å². The van der Waals surface area contributed by atoms with E-state index >= 15 is 0 Å². The van der Waals surface area contributed by atoms with Crippen molar-refractivity contribution in [3.8, 4) is 5.75 Å². The quantitative estimate of drug-likeness (QED) is 0.123. The van der Waals surface area contributed by atoms with E-state index in [1.165, 1.54) is 12.1 Å². The topological polar surface area (TPSA) is 35.5 Å². The first-order chi connectivity index (χ1) is 16.6. The molecule has 0 spiro atoms. The van der Waals surface area contributed by atoms with Crippen LogP contribution in [-0.4, -0.2) is 24.9 Å². The summed E-state index contributed by atoms with van der Waals surface area (Å²) >= 11 is 0. The lowest BCUT2D eigenvalue weighted by atomic mass is 9.86. The van der Waals surface area contributed by atoms with Crippen LogP contribution in [0.25, 0.3) is 0 Å². The van der Waals surface area contributed by atoms with Crippen LogP contribution < -0.4 is 4.74 Å². The third kappa shape index (κ3) is 16.1. The van der Waals surface area contributed by atoms with E-state index in [0.717, 1.165) is 44.9 Å². The number of hydrogen-bond acceptors (Lipinski definition) is 3. The number of carbonyl (C=O) groups excluding carboxylic acids is 1. The Morgan fingerprint density at radius 2 is 1.77 bits per heavy atom. The molecule has 198 valence electrons. The van der Waals surface area contributed by atoms with Gasteiger partial charge in [-0.2, -0.15) is 13.2 Å². The molecular weight excluding hydrogens is 453 g/mol. The van der Waals surface area contributed by atoms with Gasteiger partial charge in [-0.3, -0.25) is 4.79 Å². The SMILES string of the molecule is CCCC(/C=C/CCOc1cccc(CC(F)(F)F)c1)[C@H](C)CC/C=C\CCCC(=O)OC(C)C. The molecule has 0 saturated heterocycles. The molecule has 0 aliphatic heterocycles. The second-order valence-corrected chi connectivity index (χ2v) is 9.41. The minimum atomic E-state index is -4.22. The number of ether oxygens (including phenoxy) is 2. The Morgan fingerprint density at radius 1 is 1.03 bits per heavy atom. The molecule has 0 saturated carbocycles. The van der Waals surface area contributed by atoms with Crippen LogP contribution in [0.4, 0.5) is 13.2 Å². The Morgan fingerprint density at radius 3 is 2.46 bits per heavy atom. The standard InChI is InChI=1S/C29H43F3O3/c1-5-14-26(24(4)15-9-7-6-8-10-19-28(33)35-23(2)3)17-11-12-20-34-27-18-13-16-25(21-27)22-29(30,31)32/h6-7,11,13,16-18,21,23-24,26H,5,8-10,12,14-15,19-20,22H2,1-4H3/b7-6-,17-11+/t24-,26?/m1/s1. The summed E-state index contributed by atoms with van der Waals surface area (Å²) in [5.41, 5.74) is 0.213. The highest BCUT2D eigenvalue weighted by Gasteiger charge is 2.27. The van der Waals surface area contributed by atoms with E-state index in [1.54, 1.807) is 12.1 Å². The fraction of sp³-hybridized carbons (Fsp3) is 0.621. The van der Waals surface area contributed by atoms with Gasteiger partial charge in [-0.1, -0.05) is 56.7 Å². The van der Waals surface area contributed by atoms with Gasteiger partial charge in [0.1, 0.15) is 5.75 Å². The number of esters is 1. The first-order valence-electron chi connectivity index (χ1n) is 12.9. The van der Waals surface area contributed by atoms with Crippen molar-refractivity contribution in [2.24, 2.45) is 11.8 Å². The van der Waals surface area contributed by atoms with Gasteiger partial charge in [0.25, 0.3) is 0 Å². The Labute approximate surface area is 209 Å². The minimum absolute atomic E-state index is 0.0547. The molecule has 1 aromatic carbocycles. The Bertz CT molecular complexity index is 769. The average molecular weight is 497 g/mol. The Kier molecular flexibility index (Phi) is 15.2. The molecule has 0 aliphatic rings. The zero-order chi connectivity index (χ0) is 26.1. The van der Waals surface area contributed by atoms with Crippen molar-refractivity contribution in [2.75, 3.05) is 6.61 Å². The van der Waals surface area contributed by atoms with Crippen LogP contribution in [0.15, 0.2) is 48.6 Å². The van der Waals surface area contributed by atoms with Crippen molar-refractivity contribution in [3.05, 3.63) is 54.1 Å². The normalized spacial score (nSPS) is 14.1. The number of carbonyl (C=O) groups is 1. The van der Waals surface area contributed by atoms with Crippen molar-refractivity contribution in [2.45, 2.75) is 97.8 Å². The maximum absolute atomic E-state index is 12.6. The average Bonchev–Trinajstić information content (AvgIpc) is 2.76. The summed E-state index contributed by atoms with van der Waals surface area (Å²) in [6.07, 6.45) is 10.8. The minimum Gasteiger partial charge on any atom is -0.493 e. The molecule has 0 heterocycles. The van der Waals surface area contributed by atoms with Crippen LogP contribution >= 0.6 is 0 Å². The smallest absolute Gasteiger partial charge is 0.393 e. The van der Waals surface area contributed by atoms with Gasteiger partial charge in [-0.05, 0) is 81.9 Å². The second-order valence-electron chi connectivity index (χ2n) is 9.41. The zero-order valence-electron chi connectivity index (χ0n) is 21.8. The van der Waals surface area contributed by atoms with Crippen molar-refractivity contribution in [3.63, 3.8) is 0 Å². The molecule has 0 radical (unpaired) electrons. The number of halogens is 3. The van der Waals surface area contributed by atoms with Gasteiger partial charge in [-0.15, -0.1) is 0 Å². The first kappa shape index (κ1) is 30.8. The molecule has 1 unspecified atom stereocenters. The van der Waals surface area contributed by atoms with Gasteiger partial charge in [-0.25, -0.2) is 0 Å². The molecular formula is C29H43F3O3. The van der Waals surface area contributed by atoms with Gasteiger partial charge < -0.3 is 9.47 Å². The number of benzene rings is 1. The van der Waals surface area contributed by atoms with Crippen LogP contribution in [0.5, 0.6) is 5.75 Å². The van der Waals surface area contributed by atoms with Gasteiger partial charge >= 0.3 is 12.1 Å². The Hall–Kier alpha value is -2.24. The van der Waals surface area contributed by atoms with E-state index in [4.69, 9.17) is 9.47 Å². The summed E-state index contributed by atoms with van der Waals surface area (Å²) in [7, 11) is 0. The predicted molar refractivity (Wildman–Crippen MR) is 136 cm³/mol. The molecule has 1 rings (SSSR count). The molecule has 3 nitrogen and oxygen atoms in total. The predicted octanol–water partition coefficient (Wildman–Crippen LogP) is 8.63. The molecule has 35 heavy (non-hydrogen) atoms. The fourth-order valence-corrected chi connectivity index (χ4v) is 3.89. The van der Waals surface area contributed by atoms with Crippen LogP contribution in [-0.2, 0) is 16.0 Å². The third-order valence-electron chi connectivity index (χ3n) is 5.67. The summed E-state index contributed by atoms with van der Waals surface area (Å²) in [4.78, 5) is 11.5. The summed E-state index contributed by atoms with van der Waals surface area (Å²) in [5, 5.41) is 0. The van der Waals surface area contributed by atoms with E-state index in [-0.39, 0.29) is 17.6 Å². The molecule has 0 aromatic heterocycles. The highest BCUT2D eigenvalue weighted by molar-refractivity contribution is 5.69. The molecule has 0 bridgehead atoms. The fourth-order valence-electron chi connectivity index (χ4n) is 3.89. The number of alkyl halides is 3. The summed E-state index contributed by atoms with van der Waals surface area (Å²) in [5.74, 6) is 1.39. The van der Waals surface area contributed by atoms with Gasteiger partial charge in [0.05, 0.1) is 19.1 Å². The molecule has 6 heteroatoms. The lowest BCUT2D eigenvalue weighted by Crippen LogP contribution is -2.11. The van der Waals surface area contributed by atoms with Crippen molar-refractivity contribution in [1.82, 2.24) is 0 Å². The summed E-state index contributed by atoms with van der Waals surface area (Å²) < 4.78 is 48.5. The molecule has 0 aliphatic carbocycles. The van der Waals surface area contributed by atoms with Gasteiger partial charge in [0.2, 0.25) is 0 Å². The van der Waals surface area contributed by atoms with Gasteiger partial charge in [0, 0.05) is 6.42 Å². The number of allylic oxidation sites excluding steroid dienone is 3. The maximum Gasteiger partial charge on any atom is 0.393 e.